The molecule has 1 heterocycles. The van der Waals surface area contributed by atoms with Crippen LogP contribution in [0.2, 0.25) is 0 Å². The normalized spacial score (nSPS) is 15.0. The van der Waals surface area contributed by atoms with Crippen molar-refractivity contribution in [3.63, 3.8) is 0 Å². The van der Waals surface area contributed by atoms with Crippen LogP contribution in [-0.2, 0) is 0 Å². The molecular weight excluding hydrogens is 306 g/mol. The van der Waals surface area contributed by atoms with Crippen LogP contribution in [0.3, 0.4) is 0 Å². The average molecular weight is 333 g/mol. The molecule has 0 aromatic heterocycles. The molecule has 1 aliphatic rings. The maximum absolute atomic E-state index is 6.05. The standard InChI is InChI=1S/C17H27N5O2/c1-21(2)10-5-9-19-17(18)22-11-8-14(20-22)13-6-7-15(23-3)16(12-13)24-4/h6-7,12H,5,8-11H2,1-4H3,(H2,18,19). The molecule has 1 aliphatic heterocycles. The number of guanidine groups is 1. The molecule has 0 saturated heterocycles. The summed E-state index contributed by atoms with van der Waals surface area (Å²) in [7, 11) is 7.35. The van der Waals surface area contributed by atoms with Gasteiger partial charge in [-0.1, -0.05) is 0 Å². The summed E-state index contributed by atoms with van der Waals surface area (Å²) in [4.78, 5) is 6.54. The highest BCUT2D eigenvalue weighted by molar-refractivity contribution is 6.03. The predicted molar refractivity (Wildman–Crippen MR) is 97.1 cm³/mol. The van der Waals surface area contributed by atoms with Crippen LogP contribution in [0.15, 0.2) is 28.3 Å². The Bertz CT molecular complexity index is 613. The van der Waals surface area contributed by atoms with Gasteiger partial charge in [0.15, 0.2) is 11.5 Å². The van der Waals surface area contributed by atoms with E-state index in [0.717, 1.165) is 37.2 Å². The number of nitrogens with two attached hydrogens (primary N) is 1. The van der Waals surface area contributed by atoms with Gasteiger partial charge in [-0.2, -0.15) is 5.10 Å². The maximum Gasteiger partial charge on any atom is 0.212 e. The van der Waals surface area contributed by atoms with Gasteiger partial charge in [0.1, 0.15) is 0 Å². The number of benzene rings is 1. The van der Waals surface area contributed by atoms with Crippen molar-refractivity contribution in [1.82, 2.24) is 9.91 Å². The Labute approximate surface area is 143 Å². The Balaban J connectivity index is 2.03. The van der Waals surface area contributed by atoms with E-state index < -0.39 is 0 Å². The van der Waals surface area contributed by atoms with Gasteiger partial charge in [-0.15, -0.1) is 0 Å². The second-order valence-electron chi connectivity index (χ2n) is 5.89. The molecule has 1 aromatic rings. The Hall–Kier alpha value is -2.28. The maximum atomic E-state index is 6.05. The molecular formula is C17H27N5O2. The summed E-state index contributed by atoms with van der Waals surface area (Å²) in [5.74, 6) is 1.88. The largest absolute Gasteiger partial charge is 0.493 e. The highest BCUT2D eigenvalue weighted by Gasteiger charge is 2.19. The number of nitrogens with zero attached hydrogens (tertiary/aromatic N) is 4. The Morgan fingerprint density at radius 3 is 2.71 bits per heavy atom. The smallest absolute Gasteiger partial charge is 0.212 e. The number of rotatable bonds is 7. The van der Waals surface area contributed by atoms with Crippen LogP contribution in [0.25, 0.3) is 0 Å². The molecule has 0 atom stereocenters. The van der Waals surface area contributed by atoms with Crippen LogP contribution in [0.5, 0.6) is 11.5 Å². The van der Waals surface area contributed by atoms with E-state index in [1.54, 1.807) is 19.2 Å². The van der Waals surface area contributed by atoms with Crippen molar-refractivity contribution in [2.45, 2.75) is 12.8 Å². The first-order valence-corrected chi connectivity index (χ1v) is 8.07. The van der Waals surface area contributed by atoms with Crippen molar-refractivity contribution in [3.05, 3.63) is 23.8 Å². The minimum absolute atomic E-state index is 0.476. The lowest BCUT2D eigenvalue weighted by Gasteiger charge is -2.12. The van der Waals surface area contributed by atoms with Gasteiger partial charge in [0.05, 0.1) is 26.5 Å². The summed E-state index contributed by atoms with van der Waals surface area (Å²) in [6.07, 6.45) is 1.80. The van der Waals surface area contributed by atoms with Gasteiger partial charge < -0.3 is 20.1 Å². The minimum Gasteiger partial charge on any atom is -0.493 e. The minimum atomic E-state index is 0.476. The van der Waals surface area contributed by atoms with Gasteiger partial charge in [0.2, 0.25) is 5.96 Å². The van der Waals surface area contributed by atoms with E-state index in [1.807, 2.05) is 32.3 Å². The molecule has 132 valence electrons. The molecule has 1 aromatic carbocycles. The second-order valence-corrected chi connectivity index (χ2v) is 5.89. The predicted octanol–water partition coefficient (Wildman–Crippen LogP) is 1.38. The highest BCUT2D eigenvalue weighted by Crippen LogP contribution is 2.29. The zero-order valence-electron chi connectivity index (χ0n) is 15.0. The van der Waals surface area contributed by atoms with E-state index in [0.29, 0.717) is 24.0 Å². The van der Waals surface area contributed by atoms with Crippen LogP contribution >= 0.6 is 0 Å². The lowest BCUT2D eigenvalue weighted by Crippen LogP contribution is -2.31. The fraction of sp³-hybridized carbons (Fsp3) is 0.529. The molecule has 0 radical (unpaired) electrons. The zero-order chi connectivity index (χ0) is 17.5. The van der Waals surface area contributed by atoms with Crippen molar-refractivity contribution >= 4 is 11.7 Å². The Morgan fingerprint density at radius 1 is 1.29 bits per heavy atom. The Kier molecular flexibility index (Phi) is 6.43. The third kappa shape index (κ3) is 4.61. The molecule has 7 heteroatoms. The fourth-order valence-corrected chi connectivity index (χ4v) is 2.50. The number of hydrogen-bond donors (Lipinski definition) is 1. The molecule has 2 rings (SSSR count). The van der Waals surface area contributed by atoms with E-state index in [1.165, 1.54) is 0 Å². The quantitative estimate of drug-likeness (QED) is 0.463. The third-order valence-electron chi connectivity index (χ3n) is 3.82. The third-order valence-corrected chi connectivity index (χ3v) is 3.82. The first kappa shape index (κ1) is 18.1. The molecule has 0 aliphatic carbocycles. The van der Waals surface area contributed by atoms with Crippen LogP contribution in [0, 0.1) is 0 Å². The summed E-state index contributed by atoms with van der Waals surface area (Å²) in [6.45, 7) is 2.45. The van der Waals surface area contributed by atoms with Gasteiger partial charge in [-0.3, -0.25) is 4.99 Å². The second kappa shape index (κ2) is 8.54. The SMILES string of the molecule is COc1ccc(C2=NN(C(N)=NCCCN(C)C)CC2)cc1OC. The molecule has 0 spiro atoms. The first-order chi connectivity index (χ1) is 11.5. The van der Waals surface area contributed by atoms with E-state index >= 15 is 0 Å². The number of hydrogen-bond acceptors (Lipinski definition) is 5. The molecule has 0 unspecified atom stereocenters. The van der Waals surface area contributed by atoms with Gasteiger partial charge >= 0.3 is 0 Å². The van der Waals surface area contributed by atoms with Crippen molar-refractivity contribution in [2.24, 2.45) is 15.8 Å². The number of hydrazone groups is 1. The topological polar surface area (TPSA) is 75.7 Å². The summed E-state index contributed by atoms with van der Waals surface area (Å²) >= 11 is 0. The van der Waals surface area contributed by atoms with Gasteiger partial charge in [-0.05, 0) is 45.3 Å². The number of ether oxygens (including phenoxy) is 2. The van der Waals surface area contributed by atoms with E-state index in [2.05, 4.69) is 15.0 Å². The van der Waals surface area contributed by atoms with E-state index in [4.69, 9.17) is 15.2 Å². The summed E-state index contributed by atoms with van der Waals surface area (Å²) in [6, 6.07) is 5.80. The van der Waals surface area contributed by atoms with Gasteiger partial charge in [-0.25, -0.2) is 5.01 Å². The summed E-state index contributed by atoms with van der Waals surface area (Å²) in [5, 5.41) is 6.36. The summed E-state index contributed by atoms with van der Waals surface area (Å²) < 4.78 is 10.6. The molecule has 0 amide bonds. The molecule has 0 saturated carbocycles. The molecule has 24 heavy (non-hydrogen) atoms. The number of methoxy groups -OCH3 is 2. The fourth-order valence-electron chi connectivity index (χ4n) is 2.50. The average Bonchev–Trinajstić information content (AvgIpc) is 3.07. The van der Waals surface area contributed by atoms with Crippen molar-refractivity contribution in [2.75, 3.05) is 47.9 Å². The van der Waals surface area contributed by atoms with E-state index in [9.17, 15) is 0 Å². The number of aliphatic imine (C=N–C) groups is 1. The molecule has 0 bridgehead atoms. The zero-order valence-corrected chi connectivity index (χ0v) is 15.0. The monoisotopic (exact) mass is 333 g/mol. The van der Waals surface area contributed by atoms with Gasteiger partial charge in [0.25, 0.3) is 0 Å². The first-order valence-electron chi connectivity index (χ1n) is 8.07. The Morgan fingerprint density at radius 2 is 2.04 bits per heavy atom. The lowest BCUT2D eigenvalue weighted by atomic mass is 10.1. The highest BCUT2D eigenvalue weighted by atomic mass is 16.5. The molecule has 2 N–H and O–H groups in total. The van der Waals surface area contributed by atoms with Crippen LogP contribution in [0.1, 0.15) is 18.4 Å². The van der Waals surface area contributed by atoms with Gasteiger partial charge in [0, 0.05) is 18.5 Å². The van der Waals surface area contributed by atoms with E-state index in [-0.39, 0.29) is 0 Å². The molecule has 0 fully saturated rings. The lowest BCUT2D eigenvalue weighted by molar-refractivity contribution is 0.355. The molecule has 7 nitrogen and oxygen atoms in total. The van der Waals surface area contributed by atoms with Crippen LogP contribution in [-0.4, -0.2) is 69.5 Å². The van der Waals surface area contributed by atoms with Crippen LogP contribution < -0.4 is 15.2 Å². The van der Waals surface area contributed by atoms with Crippen LogP contribution in [0.4, 0.5) is 0 Å². The summed E-state index contributed by atoms with van der Waals surface area (Å²) in [5.41, 5.74) is 8.03. The van der Waals surface area contributed by atoms with Crippen molar-refractivity contribution in [3.8, 4) is 11.5 Å². The van der Waals surface area contributed by atoms with Crippen molar-refractivity contribution < 1.29 is 9.47 Å². The van der Waals surface area contributed by atoms with Crippen molar-refractivity contribution in [1.29, 1.82) is 0 Å².